The number of nitriles is 1. The van der Waals surface area contributed by atoms with E-state index in [9.17, 15) is 14.9 Å². The number of carbonyl (C=O) groups excluding carboxylic acids is 2. The van der Waals surface area contributed by atoms with Gasteiger partial charge in [-0.25, -0.2) is 0 Å². The van der Waals surface area contributed by atoms with Gasteiger partial charge in [0.15, 0.2) is 0 Å². The maximum absolute atomic E-state index is 13.8. The molecule has 1 N–H and O–H groups in total. The van der Waals surface area contributed by atoms with Crippen LogP contribution < -0.4 is 19.7 Å². The van der Waals surface area contributed by atoms with Crippen molar-refractivity contribution in [2.75, 3.05) is 23.9 Å². The van der Waals surface area contributed by atoms with Crippen molar-refractivity contribution in [3.05, 3.63) is 94.0 Å². The second-order valence-electron chi connectivity index (χ2n) is 8.78. The van der Waals surface area contributed by atoms with Gasteiger partial charge >= 0.3 is 0 Å². The Hall–Kier alpha value is -4.22. The third-order valence-electron chi connectivity index (χ3n) is 6.26. The molecule has 1 saturated heterocycles. The zero-order chi connectivity index (χ0) is 27.2. The molecule has 1 aliphatic rings. The third-order valence-corrected chi connectivity index (χ3v) is 7.52. The summed E-state index contributed by atoms with van der Waals surface area (Å²) in [5.74, 6) is 0.330. The second-order valence-corrected chi connectivity index (χ2v) is 9.97. The van der Waals surface area contributed by atoms with Gasteiger partial charge in [0.2, 0.25) is 5.91 Å². The molecule has 194 valence electrons. The summed E-state index contributed by atoms with van der Waals surface area (Å²) < 4.78 is 10.9. The lowest BCUT2D eigenvalue weighted by atomic mass is 10.0. The van der Waals surface area contributed by atoms with Gasteiger partial charge in [0.05, 0.1) is 24.7 Å². The molecule has 8 heteroatoms. The highest BCUT2D eigenvalue weighted by atomic mass is 32.2. The monoisotopic (exact) mass is 527 g/mol. The van der Waals surface area contributed by atoms with E-state index in [0.29, 0.717) is 40.9 Å². The molecule has 2 amide bonds. The fraction of sp³-hybridized carbons (Fsp3) is 0.233. The molecular formula is C30H29N3O4S. The minimum atomic E-state index is -0.616. The Morgan fingerprint density at radius 3 is 2.47 bits per heavy atom. The molecular weight excluding hydrogens is 498 g/mol. The van der Waals surface area contributed by atoms with E-state index in [0.717, 1.165) is 11.1 Å². The summed E-state index contributed by atoms with van der Waals surface area (Å²) in [6, 6.07) is 22.2. The van der Waals surface area contributed by atoms with Gasteiger partial charge in [0.25, 0.3) is 5.91 Å². The Balaban J connectivity index is 1.73. The molecule has 4 rings (SSSR count). The largest absolute Gasteiger partial charge is 0.495 e. The summed E-state index contributed by atoms with van der Waals surface area (Å²) in [6.07, 6.45) is 0.467. The lowest BCUT2D eigenvalue weighted by Crippen LogP contribution is -2.31. The van der Waals surface area contributed by atoms with Crippen molar-refractivity contribution in [1.29, 1.82) is 5.26 Å². The number of methoxy groups -OCH3 is 1. The lowest BCUT2D eigenvalue weighted by molar-refractivity contribution is -0.117. The van der Waals surface area contributed by atoms with E-state index >= 15 is 0 Å². The van der Waals surface area contributed by atoms with E-state index in [-0.39, 0.29) is 11.5 Å². The average Bonchev–Trinajstić information content (AvgIpc) is 3.22. The molecule has 3 aromatic rings. The lowest BCUT2D eigenvalue weighted by Gasteiger charge is -2.19. The first-order valence-corrected chi connectivity index (χ1v) is 13.1. The van der Waals surface area contributed by atoms with E-state index in [2.05, 4.69) is 11.4 Å². The number of amides is 2. The number of rotatable bonds is 8. The zero-order valence-corrected chi connectivity index (χ0v) is 22.6. The zero-order valence-electron chi connectivity index (χ0n) is 21.8. The van der Waals surface area contributed by atoms with E-state index in [1.165, 1.54) is 29.3 Å². The molecule has 3 aromatic carbocycles. The quantitative estimate of drug-likeness (QED) is 0.295. The van der Waals surface area contributed by atoms with Crippen LogP contribution in [0.3, 0.4) is 0 Å². The summed E-state index contributed by atoms with van der Waals surface area (Å²) >= 11 is 1.23. The predicted molar refractivity (Wildman–Crippen MR) is 150 cm³/mol. The fourth-order valence-corrected chi connectivity index (χ4v) is 5.47. The number of hydrogen-bond donors (Lipinski definition) is 1. The standard InChI is InChI=1S/C30H29N3O4S/c1-5-37-23-14-12-22(13-15-23)33-29(35)27(17-21-11-10-19(2)20(3)16-21)38-30(33)24(18-31)28(34)32-25-8-6-7-9-26(25)36-4/h6-16,27H,5,17H2,1-4H3,(H,32,34)/b30-24-. The number of nitrogens with zero attached hydrogens (tertiary/aromatic N) is 2. The van der Waals surface area contributed by atoms with E-state index in [4.69, 9.17) is 9.47 Å². The van der Waals surface area contributed by atoms with Gasteiger partial charge in [0, 0.05) is 5.69 Å². The molecule has 0 bridgehead atoms. The SMILES string of the molecule is CCOc1ccc(N2C(=O)C(Cc3ccc(C)c(C)c3)S/C2=C(/C#N)C(=O)Nc2ccccc2OC)cc1. The summed E-state index contributed by atoms with van der Waals surface area (Å²) in [5.41, 5.74) is 4.18. The smallest absolute Gasteiger partial charge is 0.269 e. The Kier molecular flexibility index (Phi) is 8.39. The van der Waals surface area contributed by atoms with Gasteiger partial charge in [-0.05, 0) is 80.3 Å². The third kappa shape index (κ3) is 5.68. The molecule has 7 nitrogen and oxygen atoms in total. The molecule has 1 aliphatic heterocycles. The predicted octanol–water partition coefficient (Wildman–Crippen LogP) is 5.78. The van der Waals surface area contributed by atoms with Gasteiger partial charge in [-0.1, -0.05) is 42.1 Å². The van der Waals surface area contributed by atoms with Crippen LogP contribution in [0.25, 0.3) is 0 Å². The van der Waals surface area contributed by atoms with E-state index in [1.807, 2.05) is 39.0 Å². The Labute approximate surface area is 227 Å². The number of benzene rings is 3. The molecule has 38 heavy (non-hydrogen) atoms. The summed E-state index contributed by atoms with van der Waals surface area (Å²) in [5, 5.41) is 12.7. The number of aryl methyl sites for hydroxylation is 2. The molecule has 0 radical (unpaired) electrons. The summed E-state index contributed by atoms with van der Waals surface area (Å²) in [4.78, 5) is 28.6. The molecule has 1 atom stereocenters. The van der Waals surface area contributed by atoms with Gasteiger partial charge in [-0.15, -0.1) is 0 Å². The van der Waals surface area contributed by atoms with Crippen LogP contribution in [0.5, 0.6) is 11.5 Å². The van der Waals surface area contributed by atoms with Crippen molar-refractivity contribution < 1.29 is 19.1 Å². The van der Waals surface area contributed by atoms with Crippen LogP contribution in [0.15, 0.2) is 77.3 Å². The molecule has 0 saturated carbocycles. The van der Waals surface area contributed by atoms with Crippen molar-refractivity contribution in [1.82, 2.24) is 0 Å². The topological polar surface area (TPSA) is 91.7 Å². The first-order chi connectivity index (χ1) is 18.4. The fourth-order valence-electron chi connectivity index (χ4n) is 4.16. The molecule has 0 aromatic heterocycles. The van der Waals surface area contributed by atoms with Gasteiger partial charge < -0.3 is 14.8 Å². The van der Waals surface area contributed by atoms with Crippen LogP contribution in [0.4, 0.5) is 11.4 Å². The van der Waals surface area contributed by atoms with Crippen LogP contribution in [0.2, 0.25) is 0 Å². The van der Waals surface area contributed by atoms with Crippen LogP contribution in [0, 0.1) is 25.2 Å². The number of carbonyl (C=O) groups is 2. The van der Waals surface area contributed by atoms with Crippen LogP contribution in [-0.2, 0) is 16.0 Å². The van der Waals surface area contributed by atoms with Gasteiger partial charge in [-0.3, -0.25) is 14.5 Å². The highest BCUT2D eigenvalue weighted by Gasteiger charge is 2.41. The van der Waals surface area contributed by atoms with Crippen LogP contribution in [0.1, 0.15) is 23.6 Å². The van der Waals surface area contributed by atoms with Gasteiger partial charge in [0.1, 0.15) is 28.2 Å². The summed E-state index contributed by atoms with van der Waals surface area (Å²) in [6.45, 7) is 6.49. The van der Waals surface area contributed by atoms with Gasteiger partial charge in [-0.2, -0.15) is 5.26 Å². The maximum atomic E-state index is 13.8. The molecule has 0 spiro atoms. The van der Waals surface area contributed by atoms with Crippen molar-refractivity contribution in [2.45, 2.75) is 32.4 Å². The van der Waals surface area contributed by atoms with Crippen molar-refractivity contribution in [2.24, 2.45) is 0 Å². The van der Waals surface area contributed by atoms with E-state index < -0.39 is 11.2 Å². The number of thioether (sulfide) groups is 1. The van der Waals surface area contributed by atoms with E-state index in [1.54, 1.807) is 48.5 Å². The molecule has 1 fully saturated rings. The molecule has 1 unspecified atom stereocenters. The minimum absolute atomic E-state index is 0.147. The van der Waals surface area contributed by atoms with Crippen LogP contribution in [-0.4, -0.2) is 30.8 Å². The van der Waals surface area contributed by atoms with Crippen molar-refractivity contribution in [3.63, 3.8) is 0 Å². The highest BCUT2D eigenvalue weighted by molar-refractivity contribution is 8.05. The number of hydrogen-bond acceptors (Lipinski definition) is 6. The first-order valence-electron chi connectivity index (χ1n) is 12.2. The van der Waals surface area contributed by atoms with Crippen LogP contribution >= 0.6 is 11.8 Å². The van der Waals surface area contributed by atoms with Crippen molar-refractivity contribution in [3.8, 4) is 17.6 Å². The first kappa shape index (κ1) is 26.8. The Morgan fingerprint density at radius 2 is 1.82 bits per heavy atom. The normalized spacial score (nSPS) is 16.1. The Bertz CT molecular complexity index is 1430. The van der Waals surface area contributed by atoms with Crippen molar-refractivity contribution >= 4 is 35.0 Å². The Morgan fingerprint density at radius 1 is 1.08 bits per heavy atom. The number of ether oxygens (including phenoxy) is 2. The second kappa shape index (κ2) is 11.9. The maximum Gasteiger partial charge on any atom is 0.269 e. The number of nitrogens with one attached hydrogen (secondary N) is 1. The number of para-hydroxylation sites is 2. The molecule has 0 aliphatic carbocycles. The number of anilines is 2. The average molecular weight is 528 g/mol. The highest BCUT2D eigenvalue weighted by Crippen LogP contribution is 2.42. The molecule has 1 heterocycles. The minimum Gasteiger partial charge on any atom is -0.495 e. The summed E-state index contributed by atoms with van der Waals surface area (Å²) in [7, 11) is 1.51.